The third kappa shape index (κ3) is 5.63. The number of nitrogens with zero attached hydrogens (tertiary/aromatic N) is 8. The summed E-state index contributed by atoms with van der Waals surface area (Å²) >= 11 is 0. The van der Waals surface area contributed by atoms with Gasteiger partial charge in [-0.3, -0.25) is 19.5 Å². The molecule has 0 spiro atoms. The number of nitrogens with one attached hydrogen (secondary N) is 1. The van der Waals surface area contributed by atoms with Gasteiger partial charge in [0.2, 0.25) is 11.8 Å². The van der Waals surface area contributed by atoms with Gasteiger partial charge in [-0.05, 0) is 47.9 Å². The molecular weight excluding hydrogens is 572 g/mol. The highest BCUT2D eigenvalue weighted by Gasteiger charge is 2.32. The van der Waals surface area contributed by atoms with Crippen LogP contribution in [0.15, 0.2) is 71.3 Å². The number of pyridine rings is 1. The van der Waals surface area contributed by atoms with Gasteiger partial charge in [-0.25, -0.2) is 4.98 Å². The van der Waals surface area contributed by atoms with Crippen molar-refractivity contribution in [2.45, 2.75) is 25.4 Å². The Morgan fingerprint density at radius 1 is 0.977 bits per heavy atom. The molecular formula is C30H27F2N9O3. The molecule has 224 valence electrons. The average molecular weight is 600 g/mol. The number of hydrogen-bond acceptors (Lipinski definition) is 9. The van der Waals surface area contributed by atoms with Crippen molar-refractivity contribution in [3.63, 3.8) is 0 Å². The minimum absolute atomic E-state index is 0.00832. The minimum Gasteiger partial charge on any atom is -0.436 e. The van der Waals surface area contributed by atoms with Crippen LogP contribution in [0.4, 0.5) is 14.5 Å². The van der Waals surface area contributed by atoms with Crippen molar-refractivity contribution < 1.29 is 22.8 Å². The van der Waals surface area contributed by atoms with Crippen LogP contribution < -0.4 is 5.32 Å². The van der Waals surface area contributed by atoms with Crippen molar-refractivity contribution in [3.05, 3.63) is 83.9 Å². The number of alkyl halides is 2. The quantitative estimate of drug-likeness (QED) is 0.279. The Labute approximate surface area is 249 Å². The number of carbonyl (C=O) groups excluding carboxylic acids is 2. The third-order valence-corrected chi connectivity index (χ3v) is 7.77. The van der Waals surface area contributed by atoms with E-state index < -0.39 is 12.6 Å². The summed E-state index contributed by atoms with van der Waals surface area (Å²) in [6.07, 6.45) is 3.37. The number of amides is 2. The Balaban J connectivity index is 1.05. The van der Waals surface area contributed by atoms with Crippen LogP contribution in [0.5, 0.6) is 0 Å². The molecule has 44 heavy (non-hydrogen) atoms. The summed E-state index contributed by atoms with van der Waals surface area (Å²) in [7, 11) is 0. The van der Waals surface area contributed by atoms with E-state index in [1.165, 1.54) is 0 Å². The van der Waals surface area contributed by atoms with E-state index in [0.29, 0.717) is 59.2 Å². The van der Waals surface area contributed by atoms with Crippen LogP contribution in [0.25, 0.3) is 22.6 Å². The summed E-state index contributed by atoms with van der Waals surface area (Å²) in [5.74, 6) is 0.354. The molecule has 0 bridgehead atoms. The Hall–Kier alpha value is -5.11. The van der Waals surface area contributed by atoms with Gasteiger partial charge in [0.25, 0.3) is 5.91 Å². The Morgan fingerprint density at radius 3 is 2.50 bits per heavy atom. The number of benzene rings is 2. The SMILES string of the molecule is O=C(Nc1ccc2nc(-c3ccnc(C(=O)N4CCN(C(c5ccccc5)c5nnn(C(F)F)n5)CC4)c3)oc2c1)C1CC1. The number of rotatable bonds is 8. The summed E-state index contributed by atoms with van der Waals surface area (Å²) in [5.41, 5.74) is 3.47. The number of aromatic nitrogens is 6. The smallest absolute Gasteiger partial charge is 0.350 e. The maximum absolute atomic E-state index is 13.5. The summed E-state index contributed by atoms with van der Waals surface area (Å²) < 4.78 is 32.3. The largest absolute Gasteiger partial charge is 0.436 e. The number of carbonyl (C=O) groups is 2. The lowest BCUT2D eigenvalue weighted by Gasteiger charge is -2.38. The third-order valence-electron chi connectivity index (χ3n) is 7.77. The zero-order valence-electron chi connectivity index (χ0n) is 23.4. The fourth-order valence-corrected chi connectivity index (χ4v) is 5.33. The molecule has 1 saturated heterocycles. The second-order valence-corrected chi connectivity index (χ2v) is 10.8. The molecule has 1 N–H and O–H groups in total. The summed E-state index contributed by atoms with van der Waals surface area (Å²) in [6.45, 7) is -1.21. The first kappa shape index (κ1) is 27.7. The highest BCUT2D eigenvalue weighted by molar-refractivity contribution is 5.96. The molecule has 2 fully saturated rings. The number of fused-ring (bicyclic) bond motifs is 1. The van der Waals surface area contributed by atoms with E-state index in [2.05, 4.69) is 35.6 Å². The monoisotopic (exact) mass is 599 g/mol. The van der Waals surface area contributed by atoms with Crippen LogP contribution in [0.2, 0.25) is 0 Å². The van der Waals surface area contributed by atoms with E-state index in [-0.39, 0.29) is 29.3 Å². The van der Waals surface area contributed by atoms with Gasteiger partial charge >= 0.3 is 6.55 Å². The van der Waals surface area contributed by atoms with Gasteiger partial charge in [0.15, 0.2) is 11.4 Å². The average Bonchev–Trinajstić information content (AvgIpc) is 3.64. The van der Waals surface area contributed by atoms with E-state index in [0.717, 1.165) is 18.4 Å². The number of hydrogen-bond donors (Lipinski definition) is 1. The number of oxazole rings is 1. The van der Waals surface area contributed by atoms with E-state index in [9.17, 15) is 18.4 Å². The van der Waals surface area contributed by atoms with E-state index in [1.807, 2.05) is 30.3 Å². The standard InChI is InChI=1S/C30H27F2N9O3/c31-30(32)41-37-26(36-38-41)25(18-4-2-1-3-5-18)39-12-14-40(15-13-39)29(43)23-16-20(10-11-33-23)28-35-22-9-8-21(17-24(22)44-28)34-27(42)19-6-7-19/h1-5,8-11,16-17,19,25,30H,6-7,12-15H2,(H,34,42). The lowest BCUT2D eigenvalue weighted by Crippen LogP contribution is -2.50. The van der Waals surface area contributed by atoms with E-state index in [1.54, 1.807) is 41.4 Å². The van der Waals surface area contributed by atoms with Crippen LogP contribution in [-0.4, -0.2) is 78.0 Å². The van der Waals surface area contributed by atoms with Crippen molar-refractivity contribution in [1.82, 2.24) is 40.0 Å². The van der Waals surface area contributed by atoms with E-state index in [4.69, 9.17) is 4.42 Å². The summed E-state index contributed by atoms with van der Waals surface area (Å²) in [4.78, 5) is 38.5. The van der Waals surface area contributed by atoms with Crippen molar-refractivity contribution in [1.29, 1.82) is 0 Å². The molecule has 1 unspecified atom stereocenters. The molecule has 14 heteroatoms. The molecule has 1 aliphatic carbocycles. The van der Waals surface area contributed by atoms with Crippen LogP contribution in [-0.2, 0) is 4.79 Å². The molecule has 2 amide bonds. The zero-order valence-corrected chi connectivity index (χ0v) is 23.4. The molecule has 5 aromatic rings. The molecule has 1 saturated carbocycles. The molecule has 0 radical (unpaired) electrons. The maximum atomic E-state index is 13.5. The normalized spacial score (nSPS) is 16.4. The molecule has 1 aliphatic heterocycles. The fraction of sp³-hybridized carbons (Fsp3) is 0.300. The molecule has 7 rings (SSSR count). The Bertz CT molecular complexity index is 1810. The van der Waals surface area contributed by atoms with Gasteiger partial charge in [0, 0.05) is 55.6 Å². The second kappa shape index (κ2) is 11.5. The number of anilines is 1. The summed E-state index contributed by atoms with van der Waals surface area (Å²) in [5, 5.41) is 14.2. The van der Waals surface area contributed by atoms with Gasteiger partial charge < -0.3 is 14.6 Å². The topological polar surface area (TPSA) is 135 Å². The highest BCUT2D eigenvalue weighted by atomic mass is 19.3. The van der Waals surface area contributed by atoms with Crippen LogP contribution in [0.3, 0.4) is 0 Å². The fourth-order valence-electron chi connectivity index (χ4n) is 5.33. The number of halogens is 2. The Kier molecular flexibility index (Phi) is 7.26. The Morgan fingerprint density at radius 2 is 1.77 bits per heavy atom. The van der Waals surface area contributed by atoms with Gasteiger partial charge in [-0.2, -0.15) is 8.78 Å². The van der Waals surface area contributed by atoms with Crippen LogP contribution in [0, 0.1) is 5.92 Å². The van der Waals surface area contributed by atoms with Gasteiger partial charge in [-0.15, -0.1) is 10.2 Å². The van der Waals surface area contributed by atoms with Crippen LogP contribution >= 0.6 is 0 Å². The molecule has 3 aromatic heterocycles. The predicted octanol–water partition coefficient (Wildman–Crippen LogP) is 4.17. The lowest BCUT2D eigenvalue weighted by atomic mass is 10.0. The number of piperazine rings is 1. The zero-order chi connectivity index (χ0) is 30.2. The first-order valence-corrected chi connectivity index (χ1v) is 14.3. The maximum Gasteiger partial charge on any atom is 0.350 e. The summed E-state index contributed by atoms with van der Waals surface area (Å²) in [6, 6.07) is 17.6. The highest BCUT2D eigenvalue weighted by Crippen LogP contribution is 2.32. The first-order valence-electron chi connectivity index (χ1n) is 14.3. The van der Waals surface area contributed by atoms with Gasteiger partial charge in [-0.1, -0.05) is 35.1 Å². The van der Waals surface area contributed by atoms with Gasteiger partial charge in [0.05, 0.1) is 6.04 Å². The van der Waals surface area contributed by atoms with Gasteiger partial charge in [0.1, 0.15) is 11.2 Å². The first-order chi connectivity index (χ1) is 21.4. The van der Waals surface area contributed by atoms with E-state index >= 15 is 0 Å². The molecule has 2 aromatic carbocycles. The molecule has 2 aliphatic rings. The predicted molar refractivity (Wildman–Crippen MR) is 153 cm³/mol. The number of tetrazole rings is 1. The minimum atomic E-state index is -2.89. The lowest BCUT2D eigenvalue weighted by molar-refractivity contribution is -0.117. The van der Waals surface area contributed by atoms with Crippen LogP contribution in [0.1, 0.15) is 47.3 Å². The van der Waals surface area contributed by atoms with Crippen molar-refractivity contribution in [2.24, 2.45) is 5.92 Å². The van der Waals surface area contributed by atoms with Crippen molar-refractivity contribution >= 4 is 28.6 Å². The molecule has 4 heterocycles. The van der Waals surface area contributed by atoms with Crippen molar-refractivity contribution in [2.75, 3.05) is 31.5 Å². The molecule has 12 nitrogen and oxygen atoms in total. The second-order valence-electron chi connectivity index (χ2n) is 10.8. The van der Waals surface area contributed by atoms with Crippen molar-refractivity contribution in [3.8, 4) is 11.5 Å². The molecule has 1 atom stereocenters.